The maximum Gasteiger partial charge on any atom is 0.265 e. The van der Waals surface area contributed by atoms with Crippen molar-refractivity contribution < 1.29 is 9.53 Å². The number of carbonyl (C=O) groups is 1. The first-order valence-electron chi connectivity index (χ1n) is 6.24. The number of para-hydroxylation sites is 1. The lowest BCUT2D eigenvalue weighted by atomic mass is 10.1. The molecule has 0 heterocycles. The average Bonchev–Trinajstić information content (AvgIpc) is 2.44. The van der Waals surface area contributed by atoms with Gasteiger partial charge in [0.2, 0.25) is 0 Å². The number of carbonyl (C=O) groups excluding carboxylic acids is 1. The fourth-order valence-corrected chi connectivity index (χ4v) is 1.99. The highest BCUT2D eigenvalue weighted by molar-refractivity contribution is 6.59. The molecule has 0 aromatic heterocycles. The summed E-state index contributed by atoms with van der Waals surface area (Å²) in [6.45, 7) is 3.93. The van der Waals surface area contributed by atoms with E-state index in [1.165, 1.54) is 12.0 Å². The number of hydrogen-bond acceptors (Lipinski definition) is 2. The summed E-state index contributed by atoms with van der Waals surface area (Å²) in [6.07, 6.45) is 1.15. The van der Waals surface area contributed by atoms with E-state index in [-0.39, 0.29) is 12.6 Å². The summed E-state index contributed by atoms with van der Waals surface area (Å²) in [6, 6.07) is 7.66. The van der Waals surface area contributed by atoms with Gasteiger partial charge in [0.05, 0.1) is 0 Å². The second kappa shape index (κ2) is 7.13. The number of methoxy groups -OCH3 is 1. The number of rotatable bonds is 6. The predicted octanol–water partition coefficient (Wildman–Crippen LogP) is 3.77. The van der Waals surface area contributed by atoms with Crippen LogP contribution in [0.15, 0.2) is 24.3 Å². The Labute approximate surface area is 124 Å². The molecule has 0 radical (unpaired) electrons. The molecule has 106 valence electrons. The van der Waals surface area contributed by atoms with E-state index in [0.29, 0.717) is 6.42 Å². The maximum absolute atomic E-state index is 12.4. The summed E-state index contributed by atoms with van der Waals surface area (Å²) < 4.78 is 3.68. The number of alkyl halides is 2. The van der Waals surface area contributed by atoms with Gasteiger partial charge in [0.25, 0.3) is 5.91 Å². The highest BCUT2D eigenvalue weighted by Gasteiger charge is 2.36. The van der Waals surface area contributed by atoms with E-state index in [2.05, 4.69) is 0 Å². The Bertz CT molecular complexity index is 435. The van der Waals surface area contributed by atoms with Gasteiger partial charge in [-0.3, -0.25) is 9.69 Å². The first-order valence-corrected chi connectivity index (χ1v) is 7.00. The molecular formula is C14H19Cl2NO2. The quantitative estimate of drug-likeness (QED) is 0.591. The lowest BCUT2D eigenvalue weighted by molar-refractivity contribution is -0.120. The predicted molar refractivity (Wildman–Crippen MR) is 79.9 cm³/mol. The van der Waals surface area contributed by atoms with E-state index < -0.39 is 4.33 Å². The third-order valence-corrected chi connectivity index (χ3v) is 3.78. The van der Waals surface area contributed by atoms with Gasteiger partial charge in [-0.2, -0.15) is 0 Å². The Morgan fingerprint density at radius 3 is 2.47 bits per heavy atom. The Balaban J connectivity index is 3.17. The van der Waals surface area contributed by atoms with Crippen molar-refractivity contribution >= 4 is 34.8 Å². The van der Waals surface area contributed by atoms with Crippen molar-refractivity contribution in [3.63, 3.8) is 0 Å². The van der Waals surface area contributed by atoms with Crippen LogP contribution < -0.4 is 4.90 Å². The van der Waals surface area contributed by atoms with E-state index >= 15 is 0 Å². The molecule has 0 saturated carbocycles. The van der Waals surface area contributed by atoms with Crippen molar-refractivity contribution in [1.82, 2.24) is 0 Å². The monoisotopic (exact) mass is 303 g/mol. The SMILES string of the molecule is CCc1ccccc1N(COC)C(=O)C(Cl)(Cl)CC. The van der Waals surface area contributed by atoms with Gasteiger partial charge in [-0.15, -0.1) is 0 Å². The summed E-state index contributed by atoms with van der Waals surface area (Å²) in [5.74, 6) is -0.360. The Kier molecular flexibility index (Phi) is 6.11. The number of ether oxygens (including phenoxy) is 1. The van der Waals surface area contributed by atoms with Crippen LogP contribution in [0, 0.1) is 0 Å². The molecule has 0 atom stereocenters. The van der Waals surface area contributed by atoms with Gasteiger partial charge in [0, 0.05) is 12.8 Å². The van der Waals surface area contributed by atoms with E-state index in [0.717, 1.165) is 17.7 Å². The van der Waals surface area contributed by atoms with Crippen LogP contribution in [0.3, 0.4) is 0 Å². The summed E-state index contributed by atoms with van der Waals surface area (Å²) in [5, 5.41) is 0. The van der Waals surface area contributed by atoms with Crippen LogP contribution in [0.4, 0.5) is 5.69 Å². The van der Waals surface area contributed by atoms with Crippen LogP contribution in [-0.4, -0.2) is 24.1 Å². The van der Waals surface area contributed by atoms with Crippen molar-refractivity contribution in [2.45, 2.75) is 31.0 Å². The summed E-state index contributed by atoms with van der Waals surface area (Å²) in [4.78, 5) is 13.9. The van der Waals surface area contributed by atoms with Crippen LogP contribution >= 0.6 is 23.2 Å². The van der Waals surface area contributed by atoms with Gasteiger partial charge < -0.3 is 4.74 Å². The molecule has 1 aromatic rings. The van der Waals surface area contributed by atoms with E-state index in [9.17, 15) is 4.79 Å². The average molecular weight is 304 g/mol. The van der Waals surface area contributed by atoms with E-state index in [1.54, 1.807) is 6.92 Å². The van der Waals surface area contributed by atoms with Crippen LogP contribution in [0.1, 0.15) is 25.8 Å². The fraction of sp³-hybridized carbons (Fsp3) is 0.500. The van der Waals surface area contributed by atoms with Gasteiger partial charge in [0.1, 0.15) is 6.73 Å². The van der Waals surface area contributed by atoms with Gasteiger partial charge in [-0.05, 0) is 24.5 Å². The first-order chi connectivity index (χ1) is 8.97. The normalized spacial score (nSPS) is 11.4. The minimum absolute atomic E-state index is 0.122. The molecule has 1 amide bonds. The van der Waals surface area contributed by atoms with Crippen LogP contribution in [0.5, 0.6) is 0 Å². The molecule has 1 rings (SSSR count). The lowest BCUT2D eigenvalue weighted by Crippen LogP contribution is -2.43. The number of anilines is 1. The van der Waals surface area contributed by atoms with Gasteiger partial charge in [-0.25, -0.2) is 0 Å². The summed E-state index contributed by atoms with van der Waals surface area (Å²) in [5.41, 5.74) is 1.84. The Morgan fingerprint density at radius 2 is 1.95 bits per heavy atom. The Hall–Kier alpha value is -0.770. The van der Waals surface area contributed by atoms with Crippen molar-refractivity contribution in [3.8, 4) is 0 Å². The highest BCUT2D eigenvalue weighted by atomic mass is 35.5. The second-order valence-corrected chi connectivity index (χ2v) is 5.68. The number of nitrogens with zero attached hydrogens (tertiary/aromatic N) is 1. The van der Waals surface area contributed by atoms with Gasteiger partial charge in [0.15, 0.2) is 4.33 Å². The Morgan fingerprint density at radius 1 is 1.32 bits per heavy atom. The summed E-state index contributed by atoms with van der Waals surface area (Å²) >= 11 is 12.1. The van der Waals surface area contributed by atoms with Gasteiger partial charge >= 0.3 is 0 Å². The van der Waals surface area contributed by atoms with Gasteiger partial charge in [-0.1, -0.05) is 55.2 Å². The van der Waals surface area contributed by atoms with E-state index in [1.807, 2.05) is 31.2 Å². The standard InChI is InChI=1S/C14H19Cl2NO2/c1-4-11-8-6-7-9-12(11)17(10-19-3)13(18)14(15,16)5-2/h6-9H,4-5,10H2,1-3H3. The lowest BCUT2D eigenvalue weighted by Gasteiger charge is -2.29. The van der Waals surface area contributed by atoms with Crippen molar-refractivity contribution in [1.29, 1.82) is 0 Å². The molecule has 5 heteroatoms. The summed E-state index contributed by atoms with van der Waals surface area (Å²) in [7, 11) is 1.53. The molecule has 19 heavy (non-hydrogen) atoms. The highest BCUT2D eigenvalue weighted by Crippen LogP contribution is 2.31. The number of hydrogen-bond donors (Lipinski definition) is 0. The van der Waals surface area contributed by atoms with Crippen molar-refractivity contribution in [3.05, 3.63) is 29.8 Å². The molecular weight excluding hydrogens is 285 g/mol. The molecule has 0 aliphatic rings. The van der Waals surface area contributed by atoms with E-state index in [4.69, 9.17) is 27.9 Å². The molecule has 0 aliphatic carbocycles. The second-order valence-electron chi connectivity index (χ2n) is 4.19. The number of benzene rings is 1. The molecule has 0 N–H and O–H groups in total. The molecule has 0 aliphatic heterocycles. The largest absolute Gasteiger partial charge is 0.364 e. The molecule has 0 unspecified atom stereocenters. The molecule has 0 spiro atoms. The topological polar surface area (TPSA) is 29.5 Å². The number of halogens is 2. The number of aryl methyl sites for hydroxylation is 1. The van der Waals surface area contributed by atoms with Crippen molar-refractivity contribution in [2.75, 3.05) is 18.7 Å². The third-order valence-electron chi connectivity index (χ3n) is 2.92. The minimum Gasteiger partial charge on any atom is -0.364 e. The molecule has 0 bridgehead atoms. The molecule has 1 aromatic carbocycles. The molecule has 0 saturated heterocycles. The van der Waals surface area contributed by atoms with Crippen LogP contribution in [0.2, 0.25) is 0 Å². The zero-order valence-corrected chi connectivity index (χ0v) is 13.0. The third kappa shape index (κ3) is 3.85. The van der Waals surface area contributed by atoms with Crippen LogP contribution in [-0.2, 0) is 16.0 Å². The molecule has 0 fully saturated rings. The first kappa shape index (κ1) is 16.3. The zero-order valence-electron chi connectivity index (χ0n) is 11.5. The number of amides is 1. The minimum atomic E-state index is -1.43. The fourth-order valence-electron chi connectivity index (χ4n) is 1.79. The smallest absolute Gasteiger partial charge is 0.265 e. The maximum atomic E-state index is 12.4. The zero-order chi connectivity index (χ0) is 14.5. The van der Waals surface area contributed by atoms with Crippen LogP contribution in [0.25, 0.3) is 0 Å². The molecule has 3 nitrogen and oxygen atoms in total. The van der Waals surface area contributed by atoms with Crippen molar-refractivity contribution in [2.24, 2.45) is 0 Å².